The molecule has 0 saturated heterocycles. The Bertz CT molecular complexity index is 556. The van der Waals surface area contributed by atoms with Crippen molar-refractivity contribution in [3.63, 3.8) is 0 Å². The highest BCUT2D eigenvalue weighted by Crippen LogP contribution is 2.20. The first kappa shape index (κ1) is 14.3. The largest absolute Gasteiger partial charge is 0.461 e. The molecule has 2 aromatic rings. The molecule has 1 amide bonds. The van der Waals surface area contributed by atoms with Crippen LogP contribution in [0.5, 0.6) is 0 Å². The van der Waals surface area contributed by atoms with Crippen LogP contribution in [0, 0.1) is 0 Å². The Labute approximate surface area is 116 Å². The van der Waals surface area contributed by atoms with Crippen molar-refractivity contribution in [1.29, 1.82) is 0 Å². The number of aliphatic hydroxyl groups is 1. The van der Waals surface area contributed by atoms with Crippen LogP contribution in [0.15, 0.2) is 33.4 Å². The highest BCUT2D eigenvalue weighted by Gasteiger charge is 2.24. The lowest BCUT2D eigenvalue weighted by Crippen LogP contribution is -2.42. The zero-order chi connectivity index (χ0) is 14.6. The fourth-order valence-corrected chi connectivity index (χ4v) is 1.75. The molecule has 2 rings (SSSR count). The second-order valence-electron chi connectivity index (χ2n) is 4.67. The fraction of sp³-hybridized carbons (Fsp3) is 0.429. The monoisotopic (exact) mass is 278 g/mol. The molecule has 2 heterocycles. The van der Waals surface area contributed by atoms with E-state index in [0.29, 0.717) is 24.4 Å². The van der Waals surface area contributed by atoms with Crippen LogP contribution in [0.1, 0.15) is 37.2 Å². The summed E-state index contributed by atoms with van der Waals surface area (Å²) in [5.41, 5.74) is -0.727. The molecule has 6 nitrogen and oxygen atoms in total. The van der Waals surface area contributed by atoms with Crippen LogP contribution in [0.3, 0.4) is 0 Å². The first-order valence-corrected chi connectivity index (χ1v) is 6.59. The van der Waals surface area contributed by atoms with Gasteiger partial charge < -0.3 is 19.4 Å². The van der Waals surface area contributed by atoms with Gasteiger partial charge in [0.1, 0.15) is 0 Å². The van der Waals surface area contributed by atoms with E-state index >= 15 is 0 Å². The van der Waals surface area contributed by atoms with Gasteiger partial charge in [0.2, 0.25) is 5.76 Å². The van der Waals surface area contributed by atoms with Crippen LogP contribution in [-0.4, -0.2) is 28.3 Å². The van der Waals surface area contributed by atoms with E-state index < -0.39 is 5.60 Å². The molecule has 0 atom stereocenters. The molecular weight excluding hydrogens is 260 g/mol. The maximum absolute atomic E-state index is 11.9. The first-order chi connectivity index (χ1) is 9.58. The lowest BCUT2D eigenvalue weighted by atomic mass is 9.97. The molecule has 108 valence electrons. The van der Waals surface area contributed by atoms with Crippen molar-refractivity contribution in [3.8, 4) is 11.5 Å². The van der Waals surface area contributed by atoms with E-state index in [2.05, 4.69) is 10.5 Å². The van der Waals surface area contributed by atoms with E-state index in [4.69, 9.17) is 8.94 Å². The van der Waals surface area contributed by atoms with Crippen LogP contribution in [0.25, 0.3) is 11.5 Å². The molecule has 0 spiro atoms. The SMILES string of the molecule is CCC(O)(CC)CNC(=O)c1cc(-c2ccco2)on1. The Hall–Kier alpha value is -2.08. The summed E-state index contributed by atoms with van der Waals surface area (Å²) < 4.78 is 10.2. The molecule has 0 bridgehead atoms. The highest BCUT2D eigenvalue weighted by atomic mass is 16.5. The Morgan fingerprint density at radius 1 is 1.40 bits per heavy atom. The number of furan rings is 1. The standard InChI is InChI=1S/C14H18N2O4/c1-3-14(18,4-2)9-15-13(17)10-8-12(20-16-10)11-6-5-7-19-11/h5-8,18H,3-4,9H2,1-2H3,(H,15,17). The number of hydrogen-bond acceptors (Lipinski definition) is 5. The van der Waals surface area contributed by atoms with Crippen LogP contribution >= 0.6 is 0 Å². The minimum atomic E-state index is -0.886. The van der Waals surface area contributed by atoms with Crippen LogP contribution in [0.2, 0.25) is 0 Å². The normalized spacial score (nSPS) is 11.6. The Morgan fingerprint density at radius 2 is 2.15 bits per heavy atom. The second-order valence-corrected chi connectivity index (χ2v) is 4.67. The molecule has 6 heteroatoms. The van der Waals surface area contributed by atoms with Crippen molar-refractivity contribution in [2.24, 2.45) is 0 Å². The Kier molecular flexibility index (Phi) is 4.24. The number of amides is 1. The molecule has 0 saturated carbocycles. The molecule has 0 aromatic carbocycles. The summed E-state index contributed by atoms with van der Waals surface area (Å²) in [6.07, 6.45) is 2.65. The summed E-state index contributed by atoms with van der Waals surface area (Å²) in [4.78, 5) is 11.9. The summed E-state index contributed by atoms with van der Waals surface area (Å²) in [5.74, 6) is 0.517. The molecule has 0 unspecified atom stereocenters. The number of aromatic nitrogens is 1. The minimum Gasteiger partial charge on any atom is -0.461 e. The quantitative estimate of drug-likeness (QED) is 0.845. The van der Waals surface area contributed by atoms with Gasteiger partial charge in [-0.15, -0.1) is 0 Å². The molecule has 0 fully saturated rings. The van der Waals surface area contributed by atoms with Crippen LogP contribution in [-0.2, 0) is 0 Å². The van der Waals surface area contributed by atoms with Gasteiger partial charge in [0, 0.05) is 12.6 Å². The molecule has 0 aliphatic carbocycles. The van der Waals surface area contributed by atoms with Gasteiger partial charge in [0.15, 0.2) is 11.5 Å². The van der Waals surface area contributed by atoms with Gasteiger partial charge in [0.05, 0.1) is 11.9 Å². The van der Waals surface area contributed by atoms with Crippen molar-refractivity contribution in [3.05, 3.63) is 30.2 Å². The second kappa shape index (κ2) is 5.92. The third-order valence-electron chi connectivity index (χ3n) is 3.40. The van der Waals surface area contributed by atoms with Crippen molar-refractivity contribution in [1.82, 2.24) is 10.5 Å². The van der Waals surface area contributed by atoms with Crippen molar-refractivity contribution < 1.29 is 18.8 Å². The van der Waals surface area contributed by atoms with Gasteiger partial charge in [-0.2, -0.15) is 0 Å². The van der Waals surface area contributed by atoms with Gasteiger partial charge in [-0.25, -0.2) is 0 Å². The zero-order valence-corrected chi connectivity index (χ0v) is 11.5. The third kappa shape index (κ3) is 3.08. The van der Waals surface area contributed by atoms with Crippen molar-refractivity contribution >= 4 is 5.91 Å². The fourth-order valence-electron chi connectivity index (χ4n) is 1.75. The first-order valence-electron chi connectivity index (χ1n) is 6.59. The molecule has 0 radical (unpaired) electrons. The maximum Gasteiger partial charge on any atom is 0.273 e. The van der Waals surface area contributed by atoms with E-state index in [-0.39, 0.29) is 18.1 Å². The number of rotatable bonds is 6. The highest BCUT2D eigenvalue weighted by molar-refractivity contribution is 5.92. The topological polar surface area (TPSA) is 88.5 Å². The van der Waals surface area contributed by atoms with Crippen LogP contribution in [0.4, 0.5) is 0 Å². The Morgan fingerprint density at radius 3 is 2.75 bits per heavy atom. The molecule has 20 heavy (non-hydrogen) atoms. The molecule has 0 aliphatic heterocycles. The number of nitrogens with zero attached hydrogens (tertiary/aromatic N) is 1. The molecule has 2 N–H and O–H groups in total. The van der Waals surface area contributed by atoms with Gasteiger partial charge >= 0.3 is 0 Å². The maximum atomic E-state index is 11.9. The average Bonchev–Trinajstić information content (AvgIpc) is 3.14. The average molecular weight is 278 g/mol. The zero-order valence-electron chi connectivity index (χ0n) is 11.5. The number of hydrogen-bond donors (Lipinski definition) is 2. The van der Waals surface area contributed by atoms with E-state index in [9.17, 15) is 9.90 Å². The van der Waals surface area contributed by atoms with Gasteiger partial charge in [-0.05, 0) is 25.0 Å². The summed E-state index contributed by atoms with van der Waals surface area (Å²) in [6.45, 7) is 3.93. The van der Waals surface area contributed by atoms with Gasteiger partial charge in [-0.1, -0.05) is 19.0 Å². The van der Waals surface area contributed by atoms with E-state index in [1.807, 2.05) is 13.8 Å². The smallest absolute Gasteiger partial charge is 0.273 e. The summed E-state index contributed by atoms with van der Waals surface area (Å²) in [7, 11) is 0. The van der Waals surface area contributed by atoms with Crippen molar-refractivity contribution in [2.45, 2.75) is 32.3 Å². The summed E-state index contributed by atoms with van der Waals surface area (Å²) in [6, 6.07) is 4.94. The lowest BCUT2D eigenvalue weighted by molar-refractivity contribution is 0.0312. The summed E-state index contributed by atoms with van der Waals surface area (Å²) in [5, 5.41) is 16.5. The number of nitrogens with one attached hydrogen (secondary N) is 1. The summed E-state index contributed by atoms with van der Waals surface area (Å²) >= 11 is 0. The number of carbonyl (C=O) groups is 1. The van der Waals surface area contributed by atoms with E-state index in [1.54, 1.807) is 12.1 Å². The minimum absolute atomic E-state index is 0.158. The third-order valence-corrected chi connectivity index (χ3v) is 3.40. The van der Waals surface area contributed by atoms with Gasteiger partial charge in [-0.3, -0.25) is 4.79 Å². The lowest BCUT2D eigenvalue weighted by Gasteiger charge is -2.24. The number of carbonyl (C=O) groups excluding carboxylic acids is 1. The molecule has 0 aliphatic rings. The van der Waals surface area contributed by atoms with Gasteiger partial charge in [0.25, 0.3) is 5.91 Å². The van der Waals surface area contributed by atoms with Crippen LogP contribution < -0.4 is 5.32 Å². The van der Waals surface area contributed by atoms with Crippen molar-refractivity contribution in [2.75, 3.05) is 6.54 Å². The molecule has 2 aromatic heterocycles. The Balaban J connectivity index is 2.00. The van der Waals surface area contributed by atoms with E-state index in [0.717, 1.165) is 0 Å². The molecular formula is C14H18N2O4. The van der Waals surface area contributed by atoms with E-state index in [1.165, 1.54) is 12.3 Å². The predicted octanol–water partition coefficient (Wildman–Crippen LogP) is 2.22. The predicted molar refractivity (Wildman–Crippen MR) is 72.1 cm³/mol.